The summed E-state index contributed by atoms with van der Waals surface area (Å²) in [7, 11) is -3.59. The molecule has 2 rings (SSSR count). The number of rotatable bonds is 10. The van der Waals surface area contributed by atoms with Crippen LogP contribution in [-0.2, 0) is 27.9 Å². The molecule has 2 heterocycles. The highest BCUT2D eigenvalue weighted by Crippen LogP contribution is 2.37. The van der Waals surface area contributed by atoms with Gasteiger partial charge in [0.1, 0.15) is 23.3 Å². The molecular formula is C34H68N4O8Si2. The Morgan fingerprint density at radius 2 is 0.917 bits per heavy atom. The van der Waals surface area contributed by atoms with E-state index in [0.717, 1.165) is 0 Å². The number of alkyl carbamates (subject to hydrolysis) is 2. The molecule has 2 atom stereocenters. The fourth-order valence-electron chi connectivity index (χ4n) is 4.34. The quantitative estimate of drug-likeness (QED) is 0.253. The Labute approximate surface area is 293 Å². The van der Waals surface area contributed by atoms with E-state index in [2.05, 4.69) is 78.4 Å². The lowest BCUT2D eigenvalue weighted by molar-refractivity contribution is -0.130. The third-order valence-corrected chi connectivity index (χ3v) is 18.3. The largest absolute Gasteiger partial charge is 0.444 e. The number of hydrogen-bond acceptors (Lipinski definition) is 8. The Bertz CT molecular complexity index is 1020. The maximum absolute atomic E-state index is 12.4. The summed E-state index contributed by atoms with van der Waals surface area (Å²) >= 11 is 0. The van der Waals surface area contributed by atoms with Gasteiger partial charge in [-0.05, 0) is 90.6 Å². The van der Waals surface area contributed by atoms with Crippen LogP contribution >= 0.6 is 0 Å². The predicted octanol–water partition coefficient (Wildman–Crippen LogP) is 6.27. The van der Waals surface area contributed by atoms with Gasteiger partial charge in [0.05, 0.1) is 13.2 Å². The molecule has 2 saturated heterocycles. The summed E-state index contributed by atoms with van der Waals surface area (Å²) in [5.74, 6) is -0.112. The molecule has 2 fully saturated rings. The monoisotopic (exact) mass is 716 g/mol. The van der Waals surface area contributed by atoms with Crippen molar-refractivity contribution in [2.75, 3.05) is 39.4 Å². The second-order valence-corrected chi connectivity index (χ2v) is 27.5. The van der Waals surface area contributed by atoms with Gasteiger partial charge in [-0.1, -0.05) is 41.5 Å². The van der Waals surface area contributed by atoms with Crippen molar-refractivity contribution in [3.63, 3.8) is 0 Å². The maximum atomic E-state index is 12.4. The van der Waals surface area contributed by atoms with E-state index >= 15 is 0 Å². The average Bonchev–Trinajstić information content (AvgIpc) is 3.37. The number of nitrogens with one attached hydrogen (secondary N) is 2. The fraction of sp³-hybridized carbons (Fsp3) is 0.882. The summed E-state index contributed by atoms with van der Waals surface area (Å²) in [6, 6.07) is -0.986. The van der Waals surface area contributed by atoms with Crippen molar-refractivity contribution in [3.8, 4) is 0 Å². The smallest absolute Gasteiger partial charge is 0.408 e. The minimum Gasteiger partial charge on any atom is -0.444 e. The molecule has 0 unspecified atom stereocenters. The number of carbonyl (C=O) groups excluding carboxylic acids is 4. The molecule has 14 heteroatoms. The molecule has 4 amide bonds. The molecular weight excluding hydrogens is 649 g/mol. The van der Waals surface area contributed by atoms with Crippen LogP contribution in [0.2, 0.25) is 36.3 Å². The number of likely N-dealkylation sites (tertiary alicyclic amines) is 2. The third kappa shape index (κ3) is 14.8. The molecule has 2 aliphatic rings. The van der Waals surface area contributed by atoms with Crippen molar-refractivity contribution in [1.82, 2.24) is 20.4 Å². The molecule has 0 saturated carbocycles. The van der Waals surface area contributed by atoms with Crippen LogP contribution in [0.3, 0.4) is 0 Å². The standard InChI is InChI=1S/2C17H34N2O4Si/c2*1-16(2,3)23-15(21)18-13-9-10-19(14(13)20)11-12-22-24(7,8)17(4,5)6/h2*13H,9-12H2,1-8H3,(H,18,21)/t2*13-/m00/s1. The molecule has 0 aromatic rings. The zero-order chi connectivity index (χ0) is 37.5. The summed E-state index contributed by atoms with van der Waals surface area (Å²) in [6.45, 7) is 36.3. The van der Waals surface area contributed by atoms with E-state index < -0.39 is 52.1 Å². The Morgan fingerprint density at radius 1 is 0.625 bits per heavy atom. The van der Waals surface area contributed by atoms with Crippen LogP contribution in [0.25, 0.3) is 0 Å². The highest BCUT2D eigenvalue weighted by atomic mass is 28.4. The molecule has 12 nitrogen and oxygen atoms in total. The van der Waals surface area contributed by atoms with Crippen LogP contribution in [-0.4, -0.2) is 113 Å². The zero-order valence-electron chi connectivity index (χ0n) is 33.0. The second-order valence-electron chi connectivity index (χ2n) is 17.8. The van der Waals surface area contributed by atoms with Gasteiger partial charge < -0.3 is 38.8 Å². The van der Waals surface area contributed by atoms with Gasteiger partial charge in [-0.25, -0.2) is 9.59 Å². The minimum atomic E-state index is -1.80. The second kappa shape index (κ2) is 16.7. The first kappa shape index (κ1) is 43.9. The van der Waals surface area contributed by atoms with Gasteiger partial charge in [0.15, 0.2) is 16.6 Å². The molecule has 0 spiro atoms. The summed E-state index contributed by atoms with van der Waals surface area (Å²) in [5, 5.41) is 5.63. The van der Waals surface area contributed by atoms with Crippen molar-refractivity contribution < 1.29 is 37.5 Å². The molecule has 280 valence electrons. The summed E-state index contributed by atoms with van der Waals surface area (Å²) < 4.78 is 22.7. The Kier molecular flexibility index (Phi) is 15.3. The van der Waals surface area contributed by atoms with Gasteiger partial charge in [0, 0.05) is 26.2 Å². The van der Waals surface area contributed by atoms with E-state index in [-0.39, 0.29) is 21.9 Å². The lowest BCUT2D eigenvalue weighted by Crippen LogP contribution is -2.45. The van der Waals surface area contributed by atoms with Crippen molar-refractivity contribution in [1.29, 1.82) is 0 Å². The van der Waals surface area contributed by atoms with Gasteiger partial charge in [-0.15, -0.1) is 0 Å². The Hall–Kier alpha value is -2.17. The molecule has 2 aliphatic heterocycles. The first-order chi connectivity index (χ1) is 21.5. The summed E-state index contributed by atoms with van der Waals surface area (Å²) in [4.78, 5) is 51.9. The molecule has 2 N–H and O–H groups in total. The lowest BCUT2D eigenvalue weighted by atomic mass is 10.2. The number of carbonyl (C=O) groups is 4. The van der Waals surface area contributed by atoms with Crippen LogP contribution < -0.4 is 10.6 Å². The molecule has 0 aromatic carbocycles. The first-order valence-electron chi connectivity index (χ1n) is 17.3. The van der Waals surface area contributed by atoms with Gasteiger partial charge in [-0.2, -0.15) is 0 Å². The van der Waals surface area contributed by atoms with Crippen molar-refractivity contribution in [3.05, 3.63) is 0 Å². The van der Waals surface area contributed by atoms with E-state index in [1.807, 2.05) is 0 Å². The van der Waals surface area contributed by atoms with E-state index in [1.165, 1.54) is 0 Å². The molecule has 0 radical (unpaired) electrons. The van der Waals surface area contributed by atoms with Gasteiger partial charge >= 0.3 is 12.2 Å². The predicted molar refractivity (Wildman–Crippen MR) is 195 cm³/mol. The van der Waals surface area contributed by atoms with E-state index in [1.54, 1.807) is 51.3 Å². The average molecular weight is 717 g/mol. The van der Waals surface area contributed by atoms with Gasteiger partial charge in [0.25, 0.3) is 0 Å². The van der Waals surface area contributed by atoms with Crippen molar-refractivity contribution in [2.24, 2.45) is 0 Å². The molecule has 0 bridgehead atoms. The number of amides is 4. The lowest BCUT2D eigenvalue weighted by Gasteiger charge is -2.36. The van der Waals surface area contributed by atoms with Crippen molar-refractivity contribution in [2.45, 2.75) is 155 Å². The SMILES string of the molecule is CC(C)(C)OC(=O)N[C@H]1CCN(CCO[Si](C)(C)C(C)(C)C)C1=O.CC(C)(C)OC(=O)N[C@H]1CCN(CCO[Si](C)(C)C(C)(C)C)C1=O. The van der Waals surface area contributed by atoms with Crippen LogP contribution in [0.1, 0.15) is 95.9 Å². The van der Waals surface area contributed by atoms with E-state index in [9.17, 15) is 19.2 Å². The Morgan fingerprint density at radius 3 is 1.17 bits per heavy atom. The van der Waals surface area contributed by atoms with E-state index in [0.29, 0.717) is 52.2 Å². The van der Waals surface area contributed by atoms with Crippen LogP contribution in [0.15, 0.2) is 0 Å². The van der Waals surface area contributed by atoms with Crippen LogP contribution in [0.5, 0.6) is 0 Å². The number of ether oxygens (including phenoxy) is 2. The normalized spacial score (nSPS) is 19.6. The maximum Gasteiger partial charge on any atom is 0.408 e. The summed E-state index contributed by atoms with van der Waals surface area (Å²) in [6.07, 6.45) is 0.136. The van der Waals surface area contributed by atoms with Crippen LogP contribution in [0, 0.1) is 0 Å². The molecule has 0 aliphatic carbocycles. The number of hydrogen-bond donors (Lipinski definition) is 2. The summed E-state index contributed by atoms with van der Waals surface area (Å²) in [5.41, 5.74) is -1.13. The topological polar surface area (TPSA) is 136 Å². The fourth-order valence-corrected chi connectivity index (χ4v) is 6.41. The highest BCUT2D eigenvalue weighted by Gasteiger charge is 2.40. The molecule has 48 heavy (non-hydrogen) atoms. The van der Waals surface area contributed by atoms with Crippen molar-refractivity contribution >= 4 is 40.6 Å². The molecule has 0 aromatic heterocycles. The van der Waals surface area contributed by atoms with E-state index in [4.69, 9.17) is 18.3 Å². The Balaban J connectivity index is 0.000000480. The third-order valence-electron chi connectivity index (χ3n) is 9.24. The highest BCUT2D eigenvalue weighted by molar-refractivity contribution is 6.74. The zero-order valence-corrected chi connectivity index (χ0v) is 35.0. The van der Waals surface area contributed by atoms with Gasteiger partial charge in [0.2, 0.25) is 11.8 Å². The minimum absolute atomic E-state index is 0.0558. The number of nitrogens with zero attached hydrogens (tertiary/aromatic N) is 2. The van der Waals surface area contributed by atoms with Crippen LogP contribution in [0.4, 0.5) is 9.59 Å². The first-order valence-corrected chi connectivity index (χ1v) is 23.1. The van der Waals surface area contributed by atoms with Gasteiger partial charge in [-0.3, -0.25) is 9.59 Å².